The van der Waals surface area contributed by atoms with Crippen LogP contribution in [0, 0.1) is 0 Å². The Kier molecular flexibility index (Phi) is 7.25. The molecule has 1 unspecified atom stereocenters. The summed E-state index contributed by atoms with van der Waals surface area (Å²) in [5.74, 6) is -0.377. The van der Waals surface area contributed by atoms with E-state index in [2.05, 4.69) is 6.58 Å². The minimum atomic E-state index is -2.02. The minimum absolute atomic E-state index is 0.323. The highest BCUT2D eigenvalue weighted by atomic mass is 31.1. The van der Waals surface area contributed by atoms with Crippen LogP contribution < -0.4 is 0 Å². The summed E-state index contributed by atoms with van der Waals surface area (Å²) in [5, 5.41) is 0. The molecule has 0 aromatic rings. The lowest BCUT2D eigenvalue weighted by Crippen LogP contribution is -2.06. The van der Waals surface area contributed by atoms with Crippen LogP contribution >= 0.6 is 8.03 Å². The Morgan fingerprint density at radius 1 is 1.43 bits per heavy atom. The van der Waals surface area contributed by atoms with Crippen molar-refractivity contribution in [1.29, 1.82) is 0 Å². The van der Waals surface area contributed by atoms with Crippen molar-refractivity contribution < 1.29 is 19.0 Å². The maximum atomic E-state index is 10.9. The number of esters is 1. The topological polar surface area (TPSA) is 63.6 Å². The van der Waals surface area contributed by atoms with Gasteiger partial charge in [-0.2, -0.15) is 4.89 Å². The molecule has 0 bridgehead atoms. The van der Waals surface area contributed by atoms with Crippen LogP contribution in [-0.4, -0.2) is 23.6 Å². The molecule has 80 valence electrons. The summed E-state index contributed by atoms with van der Waals surface area (Å²) in [5.41, 5.74) is 0.392. The molecule has 4 nitrogen and oxygen atoms in total. The van der Waals surface area contributed by atoms with Gasteiger partial charge in [0.2, 0.25) is 0 Å². The Balaban J connectivity index is 3.26. The van der Waals surface area contributed by atoms with Crippen molar-refractivity contribution in [3.05, 3.63) is 12.2 Å². The Bertz CT molecular complexity index is 225. The summed E-state index contributed by atoms with van der Waals surface area (Å²) in [4.78, 5) is 19.4. The second-order valence-corrected chi connectivity index (χ2v) is 4.20. The molecule has 0 aromatic heterocycles. The van der Waals surface area contributed by atoms with Crippen LogP contribution in [0.2, 0.25) is 0 Å². The third-order valence-electron chi connectivity index (χ3n) is 1.58. The number of ether oxygens (including phenoxy) is 1. The Morgan fingerprint density at radius 2 is 2.07 bits per heavy atom. The van der Waals surface area contributed by atoms with E-state index in [1.165, 1.54) is 0 Å². The van der Waals surface area contributed by atoms with Crippen molar-refractivity contribution in [3.63, 3.8) is 0 Å². The maximum Gasteiger partial charge on any atom is 0.505 e. The molecule has 0 saturated heterocycles. The Morgan fingerprint density at radius 3 is 2.57 bits per heavy atom. The SMILES string of the molecule is C=C(C)C(=O)OCCCCC[P+](=O)O. The first-order chi connectivity index (χ1) is 6.54. The molecule has 0 rings (SSSR count). The van der Waals surface area contributed by atoms with E-state index < -0.39 is 8.03 Å². The molecule has 0 spiro atoms. The second-order valence-electron chi connectivity index (χ2n) is 3.05. The van der Waals surface area contributed by atoms with Gasteiger partial charge in [0, 0.05) is 5.57 Å². The number of hydrogen-bond donors (Lipinski definition) is 1. The fourth-order valence-corrected chi connectivity index (χ4v) is 1.31. The quantitative estimate of drug-likeness (QED) is 0.308. The van der Waals surface area contributed by atoms with Crippen molar-refractivity contribution in [2.45, 2.75) is 26.2 Å². The highest BCUT2D eigenvalue weighted by Crippen LogP contribution is 2.15. The molecule has 1 N–H and O–H groups in total. The van der Waals surface area contributed by atoms with Gasteiger partial charge in [-0.25, -0.2) is 4.79 Å². The highest BCUT2D eigenvalue weighted by molar-refractivity contribution is 7.37. The van der Waals surface area contributed by atoms with E-state index in [0.29, 0.717) is 24.8 Å². The summed E-state index contributed by atoms with van der Waals surface area (Å²) >= 11 is 0. The van der Waals surface area contributed by atoms with E-state index >= 15 is 0 Å². The maximum absolute atomic E-state index is 10.9. The summed E-state index contributed by atoms with van der Waals surface area (Å²) in [7, 11) is -2.02. The van der Waals surface area contributed by atoms with Crippen LogP contribution in [0.1, 0.15) is 26.2 Å². The molecule has 5 heteroatoms. The number of rotatable bonds is 7. The zero-order valence-electron chi connectivity index (χ0n) is 8.36. The summed E-state index contributed by atoms with van der Waals surface area (Å²) in [6.45, 7) is 5.40. The van der Waals surface area contributed by atoms with Gasteiger partial charge in [0.15, 0.2) is 6.16 Å². The molecule has 0 saturated carbocycles. The van der Waals surface area contributed by atoms with Gasteiger partial charge < -0.3 is 4.74 Å². The van der Waals surface area contributed by atoms with Crippen LogP contribution in [0.3, 0.4) is 0 Å². The van der Waals surface area contributed by atoms with E-state index in [0.717, 1.165) is 12.8 Å². The lowest BCUT2D eigenvalue weighted by Gasteiger charge is -2.02. The van der Waals surface area contributed by atoms with E-state index in [1.807, 2.05) is 0 Å². The fraction of sp³-hybridized carbons (Fsp3) is 0.667. The molecule has 0 radical (unpaired) electrons. The molecular formula is C9H16O4P+. The highest BCUT2D eigenvalue weighted by Gasteiger charge is 2.08. The van der Waals surface area contributed by atoms with Gasteiger partial charge in [0.25, 0.3) is 0 Å². The minimum Gasteiger partial charge on any atom is -0.462 e. The number of unbranched alkanes of at least 4 members (excludes halogenated alkanes) is 2. The van der Waals surface area contributed by atoms with Crippen molar-refractivity contribution >= 4 is 14.0 Å². The Labute approximate surface area is 84.8 Å². The van der Waals surface area contributed by atoms with Crippen LogP contribution in [0.25, 0.3) is 0 Å². The second kappa shape index (κ2) is 7.65. The largest absolute Gasteiger partial charge is 0.505 e. The van der Waals surface area contributed by atoms with Crippen molar-refractivity contribution in [1.82, 2.24) is 0 Å². The molecule has 0 amide bonds. The average Bonchev–Trinajstić information content (AvgIpc) is 2.09. The average molecular weight is 219 g/mol. The normalized spacial score (nSPS) is 10.9. The molecule has 0 aliphatic rings. The van der Waals surface area contributed by atoms with Gasteiger partial charge in [0.1, 0.15) is 0 Å². The predicted molar refractivity (Wildman–Crippen MR) is 54.3 cm³/mol. The van der Waals surface area contributed by atoms with Gasteiger partial charge >= 0.3 is 14.0 Å². The number of carbonyl (C=O) groups excluding carboxylic acids is 1. The summed E-state index contributed by atoms with van der Waals surface area (Å²) in [6.07, 6.45) is 2.54. The summed E-state index contributed by atoms with van der Waals surface area (Å²) in [6, 6.07) is 0. The van der Waals surface area contributed by atoms with Gasteiger partial charge in [-0.1, -0.05) is 6.58 Å². The number of hydrogen-bond acceptors (Lipinski definition) is 3. The zero-order chi connectivity index (χ0) is 11.0. The lowest BCUT2D eigenvalue weighted by atomic mass is 10.3. The van der Waals surface area contributed by atoms with Crippen LogP contribution in [0.4, 0.5) is 0 Å². The zero-order valence-corrected chi connectivity index (χ0v) is 9.26. The fourth-order valence-electron chi connectivity index (χ4n) is 0.814. The van der Waals surface area contributed by atoms with Crippen LogP contribution in [0.5, 0.6) is 0 Å². The van der Waals surface area contributed by atoms with E-state index in [9.17, 15) is 9.36 Å². The molecule has 0 aromatic carbocycles. The van der Waals surface area contributed by atoms with Gasteiger partial charge in [0.05, 0.1) is 6.61 Å². The van der Waals surface area contributed by atoms with E-state index in [-0.39, 0.29) is 5.97 Å². The molecule has 14 heavy (non-hydrogen) atoms. The van der Waals surface area contributed by atoms with Crippen LogP contribution in [-0.2, 0) is 14.1 Å². The van der Waals surface area contributed by atoms with Gasteiger partial charge in [-0.3, -0.25) is 0 Å². The molecule has 1 atom stereocenters. The van der Waals surface area contributed by atoms with Crippen molar-refractivity contribution in [2.24, 2.45) is 0 Å². The standard InChI is InChI=1S/C9H15O4P/c1-8(2)9(10)13-6-4-3-5-7-14(11)12/h1,3-7H2,2H3/p+1. The number of carbonyl (C=O) groups is 1. The molecule has 0 fully saturated rings. The molecular weight excluding hydrogens is 203 g/mol. The van der Waals surface area contributed by atoms with Crippen molar-refractivity contribution in [2.75, 3.05) is 12.8 Å². The first-order valence-corrected chi connectivity index (χ1v) is 5.90. The first-order valence-electron chi connectivity index (χ1n) is 4.50. The third kappa shape index (κ3) is 7.90. The van der Waals surface area contributed by atoms with E-state index in [1.54, 1.807) is 6.92 Å². The van der Waals surface area contributed by atoms with Gasteiger partial charge in [-0.15, -0.1) is 0 Å². The molecule has 0 heterocycles. The smallest absolute Gasteiger partial charge is 0.462 e. The van der Waals surface area contributed by atoms with Gasteiger partial charge in [-0.05, 0) is 30.8 Å². The van der Waals surface area contributed by atoms with Crippen molar-refractivity contribution in [3.8, 4) is 0 Å². The monoisotopic (exact) mass is 219 g/mol. The summed E-state index contributed by atoms with van der Waals surface area (Å²) < 4.78 is 15.1. The Hall–Kier alpha value is -0.730. The molecule has 0 aliphatic heterocycles. The van der Waals surface area contributed by atoms with Crippen LogP contribution in [0.15, 0.2) is 12.2 Å². The first kappa shape index (κ1) is 13.3. The van der Waals surface area contributed by atoms with E-state index in [4.69, 9.17) is 9.63 Å². The predicted octanol–water partition coefficient (Wildman–Crippen LogP) is 2.01. The third-order valence-corrected chi connectivity index (χ3v) is 2.27. The molecule has 0 aliphatic carbocycles. The lowest BCUT2D eigenvalue weighted by molar-refractivity contribution is -0.139.